The number of benzene rings is 1. The van der Waals surface area contributed by atoms with Crippen LogP contribution in [0.1, 0.15) is 137 Å². The lowest BCUT2D eigenvalue weighted by atomic mass is 9.44. The normalized spacial score (nSPS) is 39.4. The molecular weight excluding hydrogens is 576 g/mol. The molecule has 0 aromatic heterocycles. The van der Waals surface area contributed by atoms with E-state index in [2.05, 4.69) is 46.8 Å². The molecule has 5 saturated carbocycles. The Kier molecular flexibility index (Phi) is 11.3. The summed E-state index contributed by atoms with van der Waals surface area (Å²) in [5, 5.41) is 0. The molecule has 0 saturated heterocycles. The molecule has 5 aliphatic carbocycles. The van der Waals surface area contributed by atoms with Gasteiger partial charge in [0, 0.05) is 23.5 Å². The number of hydrogen-bond acceptors (Lipinski definition) is 4. The van der Waals surface area contributed by atoms with Crippen molar-refractivity contribution >= 4 is 11.4 Å². The van der Waals surface area contributed by atoms with Crippen molar-refractivity contribution in [3.63, 3.8) is 0 Å². The van der Waals surface area contributed by atoms with Crippen molar-refractivity contribution in [2.24, 2.45) is 64.1 Å². The van der Waals surface area contributed by atoms with Crippen molar-refractivity contribution in [1.82, 2.24) is 0 Å². The zero-order chi connectivity index (χ0) is 33.2. The molecule has 0 heterocycles. The van der Waals surface area contributed by atoms with Gasteiger partial charge in [-0.3, -0.25) is 0 Å². The van der Waals surface area contributed by atoms with Crippen molar-refractivity contribution in [3.8, 4) is 5.75 Å². The van der Waals surface area contributed by atoms with E-state index in [-0.39, 0.29) is 0 Å². The van der Waals surface area contributed by atoms with Crippen LogP contribution >= 0.6 is 0 Å². The summed E-state index contributed by atoms with van der Waals surface area (Å²) < 4.78 is 12.6. The van der Waals surface area contributed by atoms with Gasteiger partial charge in [0.25, 0.3) is 0 Å². The van der Waals surface area contributed by atoms with E-state index in [1.165, 1.54) is 103 Å². The van der Waals surface area contributed by atoms with Crippen LogP contribution in [-0.2, 0) is 4.74 Å². The third kappa shape index (κ3) is 7.89. The highest BCUT2D eigenvalue weighted by Gasteiger charge is 2.60. The molecule has 0 amide bonds. The molecule has 9 unspecified atom stereocenters. The number of fused-ring (bicyclic) bond motifs is 5. The van der Waals surface area contributed by atoms with Gasteiger partial charge in [0.1, 0.15) is 5.75 Å². The number of allylic oxidation sites excluding steroid dienone is 1. The van der Waals surface area contributed by atoms with Crippen LogP contribution in [-0.4, -0.2) is 19.3 Å². The fourth-order valence-corrected chi connectivity index (χ4v) is 12.3. The lowest BCUT2D eigenvalue weighted by molar-refractivity contribution is -0.135. The predicted molar refractivity (Wildman–Crippen MR) is 198 cm³/mol. The van der Waals surface area contributed by atoms with Crippen LogP contribution in [0.25, 0.3) is 0 Å². The van der Waals surface area contributed by atoms with Crippen LogP contribution in [0.2, 0.25) is 0 Å². The summed E-state index contributed by atoms with van der Waals surface area (Å²) in [6.45, 7) is 14.4. The smallest absolute Gasteiger partial charge is 0.123 e. The summed E-state index contributed by atoms with van der Waals surface area (Å²) in [4.78, 5) is 0. The number of anilines is 2. The zero-order valence-electron chi connectivity index (χ0n) is 30.9. The van der Waals surface area contributed by atoms with Crippen LogP contribution in [0.15, 0.2) is 30.4 Å². The SMILES string of the molecule is CC(C)CCCC(C)C1CCC2C3CCC4CC(OCC=CC5CCC(COc6cc(N)cc(N)c6)CC5)CCC4(C)C3CCC12C. The molecule has 4 heteroatoms. The highest BCUT2D eigenvalue weighted by molar-refractivity contribution is 5.56. The first-order valence-corrected chi connectivity index (χ1v) is 20.1. The summed E-state index contributed by atoms with van der Waals surface area (Å²) >= 11 is 0. The van der Waals surface area contributed by atoms with Crippen molar-refractivity contribution in [3.05, 3.63) is 30.4 Å². The maximum absolute atomic E-state index is 6.58. The molecule has 264 valence electrons. The van der Waals surface area contributed by atoms with E-state index >= 15 is 0 Å². The minimum atomic E-state index is 0.458. The van der Waals surface area contributed by atoms with E-state index in [4.69, 9.17) is 20.9 Å². The Bertz CT molecular complexity index is 1170. The molecule has 6 rings (SSSR count). The standard InChI is InChI=1S/C43H70N2O2/c1-29(2)8-6-9-30(3)39-17-18-40-38-16-15-33-24-36(19-21-42(33,4)41(38)20-22-43(39,40)5)46-23-7-10-31-11-13-32(14-12-31)28-47-37-26-34(44)25-35(45)27-37/h7,10,25-27,29-33,36,38-41H,6,8-9,11-24,28,44-45H2,1-5H3. The van der Waals surface area contributed by atoms with Gasteiger partial charge in [-0.25, -0.2) is 0 Å². The number of ether oxygens (including phenoxy) is 2. The third-order valence-electron chi connectivity index (χ3n) is 15.0. The van der Waals surface area contributed by atoms with Gasteiger partial charge in [-0.1, -0.05) is 66.0 Å². The number of hydrogen-bond donors (Lipinski definition) is 2. The minimum absolute atomic E-state index is 0.458. The van der Waals surface area contributed by atoms with Crippen LogP contribution in [0, 0.1) is 64.1 Å². The molecule has 1 aromatic carbocycles. The lowest BCUT2D eigenvalue weighted by Crippen LogP contribution is -2.54. The van der Waals surface area contributed by atoms with Crippen LogP contribution in [0.4, 0.5) is 11.4 Å². The second-order valence-electron chi connectivity index (χ2n) is 18.3. The molecule has 0 aliphatic heterocycles. The fraction of sp³-hybridized carbons (Fsp3) is 0.814. The first-order valence-electron chi connectivity index (χ1n) is 20.1. The Morgan fingerprint density at radius 2 is 1.53 bits per heavy atom. The molecule has 1 aromatic rings. The van der Waals surface area contributed by atoms with Crippen LogP contribution < -0.4 is 16.2 Å². The van der Waals surface area contributed by atoms with Gasteiger partial charge >= 0.3 is 0 Å². The summed E-state index contributed by atoms with van der Waals surface area (Å²) in [5.74, 6) is 8.60. The molecule has 9 atom stereocenters. The Morgan fingerprint density at radius 3 is 2.28 bits per heavy atom. The van der Waals surface area contributed by atoms with Crippen molar-refractivity contribution in [2.45, 2.75) is 143 Å². The van der Waals surface area contributed by atoms with Crippen LogP contribution in [0.5, 0.6) is 5.75 Å². The van der Waals surface area contributed by atoms with Gasteiger partial charge in [0.05, 0.1) is 19.3 Å². The van der Waals surface area contributed by atoms with Gasteiger partial charge in [0.15, 0.2) is 0 Å². The predicted octanol–water partition coefficient (Wildman–Crippen LogP) is 11.1. The third-order valence-corrected chi connectivity index (χ3v) is 15.0. The molecule has 4 N–H and O–H groups in total. The molecular formula is C43H70N2O2. The second kappa shape index (κ2) is 15.1. The zero-order valence-corrected chi connectivity index (χ0v) is 30.9. The summed E-state index contributed by atoms with van der Waals surface area (Å²) in [6, 6.07) is 5.51. The Hall–Kier alpha value is -1.68. The number of nitrogen functional groups attached to an aromatic ring is 2. The lowest BCUT2D eigenvalue weighted by Gasteiger charge is -2.61. The molecule has 5 fully saturated rings. The largest absolute Gasteiger partial charge is 0.493 e. The number of nitrogens with two attached hydrogens (primary N) is 2. The van der Waals surface area contributed by atoms with Gasteiger partial charge in [-0.15, -0.1) is 0 Å². The molecule has 4 nitrogen and oxygen atoms in total. The van der Waals surface area contributed by atoms with Gasteiger partial charge < -0.3 is 20.9 Å². The Labute approximate surface area is 288 Å². The highest BCUT2D eigenvalue weighted by atomic mass is 16.5. The van der Waals surface area contributed by atoms with Crippen molar-refractivity contribution in [1.29, 1.82) is 0 Å². The summed E-state index contributed by atoms with van der Waals surface area (Å²) in [5.41, 5.74) is 14.3. The Morgan fingerprint density at radius 1 is 0.809 bits per heavy atom. The van der Waals surface area contributed by atoms with Crippen molar-refractivity contribution < 1.29 is 9.47 Å². The van der Waals surface area contributed by atoms with E-state index in [1.54, 1.807) is 6.07 Å². The van der Waals surface area contributed by atoms with E-state index in [9.17, 15) is 0 Å². The second-order valence-corrected chi connectivity index (χ2v) is 18.3. The molecule has 0 radical (unpaired) electrons. The van der Waals surface area contributed by atoms with Crippen molar-refractivity contribution in [2.75, 3.05) is 24.7 Å². The maximum atomic E-state index is 6.58. The van der Waals surface area contributed by atoms with E-state index in [0.717, 1.165) is 60.4 Å². The first kappa shape index (κ1) is 35.2. The minimum Gasteiger partial charge on any atom is -0.493 e. The summed E-state index contributed by atoms with van der Waals surface area (Å²) in [7, 11) is 0. The van der Waals surface area contributed by atoms with Crippen LogP contribution in [0.3, 0.4) is 0 Å². The molecule has 5 aliphatic rings. The molecule has 0 bridgehead atoms. The molecule has 0 spiro atoms. The van der Waals surface area contributed by atoms with E-state index in [1.807, 2.05) is 12.1 Å². The maximum Gasteiger partial charge on any atom is 0.123 e. The highest BCUT2D eigenvalue weighted by Crippen LogP contribution is 2.68. The number of rotatable bonds is 12. The fourth-order valence-electron chi connectivity index (χ4n) is 12.3. The van der Waals surface area contributed by atoms with Gasteiger partial charge in [-0.2, -0.15) is 0 Å². The monoisotopic (exact) mass is 647 g/mol. The van der Waals surface area contributed by atoms with Gasteiger partial charge in [0.2, 0.25) is 0 Å². The Balaban J connectivity index is 0.923. The van der Waals surface area contributed by atoms with E-state index in [0.29, 0.717) is 40.1 Å². The molecule has 47 heavy (non-hydrogen) atoms. The quantitative estimate of drug-likeness (QED) is 0.175. The average Bonchev–Trinajstić information content (AvgIpc) is 3.39. The summed E-state index contributed by atoms with van der Waals surface area (Å²) in [6.07, 6.45) is 27.4. The van der Waals surface area contributed by atoms with Gasteiger partial charge in [-0.05, 0) is 154 Å². The first-order chi connectivity index (χ1) is 22.5. The average molecular weight is 647 g/mol. The topological polar surface area (TPSA) is 70.5 Å². The van der Waals surface area contributed by atoms with E-state index < -0.39 is 0 Å².